The average Bonchev–Trinajstić information content (AvgIpc) is 2.77. The third kappa shape index (κ3) is 2.54. The number of fused-ring (bicyclic) bond motifs is 2. The molecule has 2 saturated heterocycles. The van der Waals surface area contributed by atoms with E-state index in [-0.39, 0.29) is 5.54 Å². The Morgan fingerprint density at radius 2 is 2.00 bits per heavy atom. The van der Waals surface area contributed by atoms with E-state index in [1.54, 1.807) is 0 Å². The molecule has 3 unspecified atom stereocenters. The summed E-state index contributed by atoms with van der Waals surface area (Å²) in [6, 6.07) is 0. The van der Waals surface area contributed by atoms with Gasteiger partial charge in [-0.2, -0.15) is 0 Å². The molecule has 2 bridgehead atoms. The lowest BCUT2D eigenvalue weighted by molar-refractivity contribution is 0.0832. The van der Waals surface area contributed by atoms with Gasteiger partial charge in [0.1, 0.15) is 0 Å². The number of ether oxygens (including phenoxy) is 1. The smallest absolute Gasteiger partial charge is 0.0760 e. The Morgan fingerprint density at radius 3 is 2.60 bits per heavy atom. The molecule has 2 N–H and O–H groups in total. The Labute approximate surface area is 93.6 Å². The highest BCUT2D eigenvalue weighted by Gasteiger charge is 2.49. The van der Waals surface area contributed by atoms with Crippen LogP contribution in [0.25, 0.3) is 0 Å². The van der Waals surface area contributed by atoms with Gasteiger partial charge in [0.15, 0.2) is 0 Å². The Kier molecular flexibility index (Phi) is 3.68. The second-order valence-corrected chi connectivity index (χ2v) is 5.43. The van der Waals surface area contributed by atoms with Crippen molar-refractivity contribution in [3.63, 3.8) is 0 Å². The number of rotatable bonds is 6. The topological polar surface area (TPSA) is 35.2 Å². The second-order valence-electron chi connectivity index (χ2n) is 5.43. The van der Waals surface area contributed by atoms with E-state index in [4.69, 9.17) is 10.5 Å². The van der Waals surface area contributed by atoms with E-state index in [0.717, 1.165) is 6.42 Å². The number of unbranched alkanes of at least 4 members (excludes halogenated alkanes) is 4. The molecule has 2 nitrogen and oxygen atoms in total. The summed E-state index contributed by atoms with van der Waals surface area (Å²) >= 11 is 0. The second kappa shape index (κ2) is 4.84. The Hall–Kier alpha value is -0.0800. The highest BCUT2D eigenvalue weighted by molar-refractivity contribution is 5.04. The summed E-state index contributed by atoms with van der Waals surface area (Å²) < 4.78 is 5.84. The normalized spacial score (nSPS) is 38.8. The minimum absolute atomic E-state index is 0.0368. The minimum atomic E-state index is 0.0368. The average molecular weight is 211 g/mol. The standard InChI is InChI=1S/C13H25NO/c1-2-3-4-5-6-9-13(14)10-11-7-8-12(13)15-11/h11-12H,2-10,14H2,1H3. The molecule has 0 aliphatic carbocycles. The maximum atomic E-state index is 6.43. The van der Waals surface area contributed by atoms with E-state index in [2.05, 4.69) is 6.92 Å². The van der Waals surface area contributed by atoms with Crippen LogP contribution in [0.3, 0.4) is 0 Å². The number of nitrogens with two attached hydrogens (primary N) is 1. The molecular weight excluding hydrogens is 186 g/mol. The summed E-state index contributed by atoms with van der Waals surface area (Å²) in [7, 11) is 0. The van der Waals surface area contributed by atoms with Crippen molar-refractivity contribution in [1.29, 1.82) is 0 Å². The summed E-state index contributed by atoms with van der Waals surface area (Å²) in [6.45, 7) is 2.26. The molecule has 2 rings (SSSR count). The van der Waals surface area contributed by atoms with E-state index < -0.39 is 0 Å². The maximum Gasteiger partial charge on any atom is 0.0760 e. The van der Waals surface area contributed by atoms with Gasteiger partial charge in [-0.15, -0.1) is 0 Å². The fourth-order valence-corrected chi connectivity index (χ4v) is 3.15. The van der Waals surface area contributed by atoms with Gasteiger partial charge in [0.25, 0.3) is 0 Å². The van der Waals surface area contributed by atoms with Crippen LogP contribution in [0.1, 0.15) is 64.7 Å². The largest absolute Gasteiger partial charge is 0.373 e. The molecule has 2 aliphatic heterocycles. The first-order valence-corrected chi connectivity index (χ1v) is 6.69. The summed E-state index contributed by atoms with van der Waals surface area (Å²) in [4.78, 5) is 0. The van der Waals surface area contributed by atoms with Gasteiger partial charge in [-0.25, -0.2) is 0 Å². The molecule has 0 aromatic heterocycles. The third-order valence-corrected chi connectivity index (χ3v) is 4.10. The minimum Gasteiger partial charge on any atom is -0.373 e. The SMILES string of the molecule is CCCCCCCC1(N)CC2CCC1O2. The van der Waals surface area contributed by atoms with E-state index in [0.29, 0.717) is 12.2 Å². The summed E-state index contributed by atoms with van der Waals surface area (Å²) in [5, 5.41) is 0. The molecule has 2 aliphatic rings. The van der Waals surface area contributed by atoms with Gasteiger partial charge in [-0.05, 0) is 25.7 Å². The van der Waals surface area contributed by atoms with Crippen LogP contribution >= 0.6 is 0 Å². The van der Waals surface area contributed by atoms with Crippen LogP contribution in [0.4, 0.5) is 0 Å². The van der Waals surface area contributed by atoms with Gasteiger partial charge < -0.3 is 10.5 Å². The Morgan fingerprint density at radius 1 is 1.20 bits per heavy atom. The molecule has 0 saturated carbocycles. The first-order valence-electron chi connectivity index (χ1n) is 6.69. The highest BCUT2D eigenvalue weighted by Crippen LogP contribution is 2.42. The zero-order chi connectivity index (χ0) is 10.7. The molecule has 0 aromatic rings. The van der Waals surface area contributed by atoms with E-state index >= 15 is 0 Å². The number of hydrogen-bond acceptors (Lipinski definition) is 2. The summed E-state index contributed by atoms with van der Waals surface area (Å²) in [5.74, 6) is 0. The number of hydrogen-bond donors (Lipinski definition) is 1. The molecule has 0 radical (unpaired) electrons. The lowest BCUT2D eigenvalue weighted by Gasteiger charge is -2.31. The fourth-order valence-electron chi connectivity index (χ4n) is 3.15. The van der Waals surface area contributed by atoms with E-state index in [9.17, 15) is 0 Å². The third-order valence-electron chi connectivity index (χ3n) is 4.10. The van der Waals surface area contributed by atoms with Crippen molar-refractivity contribution in [3.8, 4) is 0 Å². The van der Waals surface area contributed by atoms with Crippen molar-refractivity contribution in [2.45, 2.75) is 82.5 Å². The lowest BCUT2D eigenvalue weighted by Crippen LogP contribution is -2.48. The van der Waals surface area contributed by atoms with Crippen LogP contribution in [0.2, 0.25) is 0 Å². The van der Waals surface area contributed by atoms with Gasteiger partial charge in [-0.1, -0.05) is 39.0 Å². The summed E-state index contributed by atoms with van der Waals surface area (Å²) in [5.41, 5.74) is 6.47. The maximum absolute atomic E-state index is 6.43. The molecule has 0 amide bonds. The monoisotopic (exact) mass is 211 g/mol. The van der Waals surface area contributed by atoms with Crippen LogP contribution in [0, 0.1) is 0 Å². The predicted octanol–water partition coefficient (Wildman–Crippen LogP) is 3.00. The van der Waals surface area contributed by atoms with Crippen LogP contribution < -0.4 is 5.73 Å². The van der Waals surface area contributed by atoms with Crippen molar-refractivity contribution in [3.05, 3.63) is 0 Å². The quantitative estimate of drug-likeness (QED) is 0.685. The highest BCUT2D eigenvalue weighted by atomic mass is 16.5. The molecule has 0 spiro atoms. The van der Waals surface area contributed by atoms with E-state index in [1.807, 2.05) is 0 Å². The van der Waals surface area contributed by atoms with Gasteiger partial charge in [0, 0.05) is 5.54 Å². The van der Waals surface area contributed by atoms with Crippen molar-refractivity contribution < 1.29 is 4.74 Å². The van der Waals surface area contributed by atoms with Crippen LogP contribution in [-0.4, -0.2) is 17.7 Å². The van der Waals surface area contributed by atoms with Gasteiger partial charge in [0.2, 0.25) is 0 Å². The van der Waals surface area contributed by atoms with Crippen molar-refractivity contribution in [1.82, 2.24) is 0 Å². The zero-order valence-corrected chi connectivity index (χ0v) is 10.0. The van der Waals surface area contributed by atoms with Gasteiger partial charge in [-0.3, -0.25) is 0 Å². The predicted molar refractivity (Wildman–Crippen MR) is 62.8 cm³/mol. The van der Waals surface area contributed by atoms with E-state index in [1.165, 1.54) is 51.4 Å². The van der Waals surface area contributed by atoms with Crippen LogP contribution in [0.5, 0.6) is 0 Å². The molecule has 2 fully saturated rings. The molecular formula is C13H25NO. The van der Waals surface area contributed by atoms with Gasteiger partial charge >= 0.3 is 0 Å². The van der Waals surface area contributed by atoms with Crippen LogP contribution in [0.15, 0.2) is 0 Å². The molecule has 15 heavy (non-hydrogen) atoms. The molecule has 2 heteroatoms. The zero-order valence-electron chi connectivity index (χ0n) is 10.0. The molecule has 0 aromatic carbocycles. The first kappa shape index (κ1) is 11.4. The molecule has 88 valence electrons. The Bertz CT molecular complexity index is 207. The lowest BCUT2D eigenvalue weighted by atomic mass is 9.79. The van der Waals surface area contributed by atoms with Gasteiger partial charge in [0.05, 0.1) is 12.2 Å². The first-order chi connectivity index (χ1) is 7.24. The fraction of sp³-hybridized carbons (Fsp3) is 1.00. The van der Waals surface area contributed by atoms with Crippen molar-refractivity contribution in [2.24, 2.45) is 5.73 Å². The summed E-state index contributed by atoms with van der Waals surface area (Å²) in [6.07, 6.45) is 12.3. The van der Waals surface area contributed by atoms with Crippen molar-refractivity contribution in [2.75, 3.05) is 0 Å². The molecule has 3 atom stereocenters. The molecule has 2 heterocycles. The van der Waals surface area contributed by atoms with Crippen molar-refractivity contribution >= 4 is 0 Å². The van der Waals surface area contributed by atoms with Crippen LogP contribution in [-0.2, 0) is 4.74 Å². The Balaban J connectivity index is 1.66.